The predicted molar refractivity (Wildman–Crippen MR) is 126 cm³/mol. The van der Waals surface area contributed by atoms with Crippen molar-refractivity contribution in [3.8, 4) is 0 Å². The predicted octanol–water partition coefficient (Wildman–Crippen LogP) is 5.31. The fourth-order valence-electron chi connectivity index (χ4n) is 2.43. The van der Waals surface area contributed by atoms with Gasteiger partial charge in [0.25, 0.3) is 0 Å². The molecule has 0 aromatic carbocycles. The zero-order valence-electron chi connectivity index (χ0n) is 18.3. The van der Waals surface area contributed by atoms with Gasteiger partial charge in [-0.05, 0) is 19.8 Å². The van der Waals surface area contributed by atoms with Crippen LogP contribution in [0, 0.1) is 11.8 Å². The number of aliphatic hydroxyl groups is 2. The molecule has 0 amide bonds. The smallest absolute Gasteiger partial charge is 0.331 e. The topological polar surface area (TPSA) is 77.8 Å². The van der Waals surface area contributed by atoms with Gasteiger partial charge in [-0.3, -0.25) is 0 Å². The largest absolute Gasteiger partial charge is 0.478 e. The highest BCUT2D eigenvalue weighted by atomic mass is 16.4. The molecule has 0 rings (SSSR count). The van der Waals surface area contributed by atoms with Crippen LogP contribution in [0.25, 0.3) is 0 Å². The van der Waals surface area contributed by atoms with Crippen LogP contribution in [0.1, 0.15) is 33.6 Å². The van der Waals surface area contributed by atoms with Crippen LogP contribution in [-0.4, -0.2) is 33.5 Å². The van der Waals surface area contributed by atoms with Crippen molar-refractivity contribution in [3.05, 3.63) is 97.2 Å². The van der Waals surface area contributed by atoms with Crippen LogP contribution in [0.4, 0.5) is 0 Å². The average molecular weight is 413 g/mol. The van der Waals surface area contributed by atoms with Gasteiger partial charge in [0.2, 0.25) is 0 Å². The van der Waals surface area contributed by atoms with Gasteiger partial charge in [0.1, 0.15) is 0 Å². The third-order valence-corrected chi connectivity index (χ3v) is 4.49. The molecule has 0 saturated carbocycles. The Morgan fingerprint density at radius 3 is 2.13 bits per heavy atom. The van der Waals surface area contributed by atoms with Gasteiger partial charge >= 0.3 is 5.97 Å². The first kappa shape index (κ1) is 27.3. The number of aliphatic hydroxyl groups excluding tert-OH is 2. The first-order chi connectivity index (χ1) is 14.3. The highest BCUT2D eigenvalue weighted by Gasteiger charge is 2.24. The first-order valence-corrected chi connectivity index (χ1v) is 10.2. The summed E-state index contributed by atoms with van der Waals surface area (Å²) >= 11 is 0. The molecule has 0 radical (unpaired) electrons. The van der Waals surface area contributed by atoms with Crippen LogP contribution >= 0.6 is 0 Å². The Balaban J connectivity index is 4.34. The number of unbranched alkanes of at least 4 members (excludes halogenated alkanes) is 1. The molecule has 0 aliphatic carbocycles. The zero-order valence-corrected chi connectivity index (χ0v) is 18.3. The first-order valence-electron chi connectivity index (χ1n) is 10.2. The fourth-order valence-corrected chi connectivity index (χ4v) is 2.43. The van der Waals surface area contributed by atoms with Crippen molar-refractivity contribution < 1.29 is 20.1 Å². The van der Waals surface area contributed by atoms with E-state index in [2.05, 4.69) is 6.58 Å². The summed E-state index contributed by atoms with van der Waals surface area (Å²) in [4.78, 5) is 10.6. The monoisotopic (exact) mass is 412 g/mol. The van der Waals surface area contributed by atoms with E-state index in [1.54, 1.807) is 43.4 Å². The van der Waals surface area contributed by atoms with E-state index in [9.17, 15) is 15.0 Å². The maximum atomic E-state index is 10.6. The van der Waals surface area contributed by atoms with Gasteiger partial charge in [0, 0.05) is 17.4 Å². The molecule has 164 valence electrons. The van der Waals surface area contributed by atoms with Gasteiger partial charge in [-0.25, -0.2) is 4.79 Å². The molecular formula is C26H36O4. The molecule has 0 heterocycles. The summed E-state index contributed by atoms with van der Waals surface area (Å²) in [7, 11) is 0. The fraction of sp³-hybridized carbons (Fsp3) is 0.346. The number of carbonyl (C=O) groups is 1. The number of carboxylic acid groups (broad SMARTS) is 1. The van der Waals surface area contributed by atoms with E-state index in [1.807, 2.05) is 62.5 Å². The molecule has 3 N–H and O–H groups in total. The molecule has 4 nitrogen and oxygen atoms in total. The average Bonchev–Trinajstić information content (AvgIpc) is 2.73. The molecule has 0 spiro atoms. The lowest BCUT2D eigenvalue weighted by molar-refractivity contribution is -0.132. The molecule has 0 aliphatic heterocycles. The number of rotatable bonds is 14. The SMILES string of the molecule is C=CC=CC=CC=CC(O)C(C)C(O)C(C)C=CCCC=CC=CC=C(C)C(=O)O. The number of carboxylic acids is 1. The van der Waals surface area contributed by atoms with E-state index >= 15 is 0 Å². The highest BCUT2D eigenvalue weighted by molar-refractivity contribution is 5.86. The van der Waals surface area contributed by atoms with Gasteiger partial charge in [0.15, 0.2) is 0 Å². The molecular weight excluding hydrogens is 376 g/mol. The minimum atomic E-state index is -0.920. The molecule has 4 heteroatoms. The summed E-state index contributed by atoms with van der Waals surface area (Å²) in [5.74, 6) is -1.27. The molecule has 4 atom stereocenters. The normalized spacial score (nSPS) is 17.7. The third kappa shape index (κ3) is 13.5. The minimum absolute atomic E-state index is 0.0675. The lowest BCUT2D eigenvalue weighted by Gasteiger charge is -2.25. The second kappa shape index (κ2) is 17.2. The van der Waals surface area contributed by atoms with Crippen molar-refractivity contribution in [2.45, 2.75) is 45.8 Å². The van der Waals surface area contributed by atoms with E-state index in [0.717, 1.165) is 12.8 Å². The van der Waals surface area contributed by atoms with Gasteiger partial charge in [-0.2, -0.15) is 0 Å². The van der Waals surface area contributed by atoms with Crippen molar-refractivity contribution >= 4 is 5.97 Å². The van der Waals surface area contributed by atoms with Gasteiger partial charge < -0.3 is 15.3 Å². The van der Waals surface area contributed by atoms with Crippen LogP contribution in [-0.2, 0) is 4.79 Å². The molecule has 0 aliphatic rings. The van der Waals surface area contributed by atoms with Crippen molar-refractivity contribution in [1.29, 1.82) is 0 Å². The van der Waals surface area contributed by atoms with Crippen molar-refractivity contribution in [2.75, 3.05) is 0 Å². The Kier molecular flexibility index (Phi) is 15.7. The van der Waals surface area contributed by atoms with Crippen LogP contribution < -0.4 is 0 Å². The molecule has 4 unspecified atom stereocenters. The van der Waals surface area contributed by atoms with Crippen LogP contribution in [0.15, 0.2) is 97.2 Å². The van der Waals surface area contributed by atoms with Crippen LogP contribution in [0.2, 0.25) is 0 Å². The van der Waals surface area contributed by atoms with E-state index < -0.39 is 18.2 Å². The lowest BCUT2D eigenvalue weighted by Crippen LogP contribution is -2.32. The summed E-state index contributed by atoms with van der Waals surface area (Å²) < 4.78 is 0. The second-order valence-electron chi connectivity index (χ2n) is 7.06. The Hall–Kier alpha value is -2.69. The number of hydrogen-bond acceptors (Lipinski definition) is 3. The summed E-state index contributed by atoms with van der Waals surface area (Å²) in [6, 6.07) is 0. The zero-order chi connectivity index (χ0) is 22.8. The van der Waals surface area contributed by atoms with Crippen LogP contribution in [0.3, 0.4) is 0 Å². The molecule has 0 aromatic rings. The summed E-state index contributed by atoms with van der Waals surface area (Å²) in [5, 5.41) is 29.4. The van der Waals surface area contributed by atoms with E-state index in [4.69, 9.17) is 5.11 Å². The number of hydrogen-bond donors (Lipinski definition) is 3. The van der Waals surface area contributed by atoms with E-state index in [-0.39, 0.29) is 11.8 Å². The summed E-state index contributed by atoms with van der Waals surface area (Å²) in [6.45, 7) is 8.90. The van der Waals surface area contributed by atoms with Gasteiger partial charge in [-0.15, -0.1) is 0 Å². The minimum Gasteiger partial charge on any atom is -0.478 e. The molecule has 0 aromatic heterocycles. The van der Waals surface area contributed by atoms with Gasteiger partial charge in [0.05, 0.1) is 12.2 Å². The highest BCUT2D eigenvalue weighted by Crippen LogP contribution is 2.19. The van der Waals surface area contributed by atoms with Crippen molar-refractivity contribution in [1.82, 2.24) is 0 Å². The van der Waals surface area contributed by atoms with E-state index in [0.29, 0.717) is 5.57 Å². The van der Waals surface area contributed by atoms with Gasteiger partial charge in [-0.1, -0.05) is 105 Å². The summed E-state index contributed by atoms with van der Waals surface area (Å²) in [6.07, 6.45) is 25.7. The van der Waals surface area contributed by atoms with E-state index in [1.165, 1.54) is 0 Å². The Bertz CT molecular complexity index is 705. The third-order valence-electron chi connectivity index (χ3n) is 4.49. The Morgan fingerprint density at radius 2 is 1.47 bits per heavy atom. The molecule has 30 heavy (non-hydrogen) atoms. The van der Waals surface area contributed by atoms with Crippen LogP contribution in [0.5, 0.6) is 0 Å². The standard InChI is InChI=1S/C26H36O4/c1-5-6-7-8-14-17-20-24(27)23(4)25(28)21(2)18-15-12-10-9-11-13-16-19-22(3)26(29)30/h5-9,11,13-21,23-25,27-28H,1,10,12H2,2-4H3,(H,29,30). The number of allylic oxidation sites excluding steroid dienone is 12. The second-order valence-corrected chi connectivity index (χ2v) is 7.06. The quantitative estimate of drug-likeness (QED) is 0.156. The lowest BCUT2D eigenvalue weighted by atomic mass is 9.88. The van der Waals surface area contributed by atoms with Crippen molar-refractivity contribution in [3.63, 3.8) is 0 Å². The number of aliphatic carboxylic acids is 1. The maximum Gasteiger partial charge on any atom is 0.331 e. The van der Waals surface area contributed by atoms with Crippen molar-refractivity contribution in [2.24, 2.45) is 11.8 Å². The molecule has 0 saturated heterocycles. The Labute approximate surface area is 181 Å². The maximum absolute atomic E-state index is 10.6. The summed E-state index contributed by atoms with van der Waals surface area (Å²) in [5.41, 5.74) is 0.294. The molecule has 0 fully saturated rings. The Morgan fingerprint density at radius 1 is 0.867 bits per heavy atom. The molecule has 0 bridgehead atoms.